The Kier molecular flexibility index (Phi) is 4.89. The Bertz CT molecular complexity index is 621. The van der Waals surface area contributed by atoms with Crippen molar-refractivity contribution in [3.63, 3.8) is 0 Å². The first-order valence-electron chi connectivity index (χ1n) is 6.07. The first-order chi connectivity index (χ1) is 9.52. The maximum Gasteiger partial charge on any atom is 0.165 e. The number of nitrogens with one attached hydrogen (secondary N) is 1. The number of hydrogen-bond donors (Lipinski definition) is 1. The summed E-state index contributed by atoms with van der Waals surface area (Å²) in [4.78, 5) is 0. The van der Waals surface area contributed by atoms with E-state index in [-0.39, 0.29) is 17.6 Å². The van der Waals surface area contributed by atoms with Crippen molar-refractivity contribution in [2.24, 2.45) is 0 Å². The fourth-order valence-corrected chi connectivity index (χ4v) is 2.44. The van der Waals surface area contributed by atoms with Gasteiger partial charge >= 0.3 is 0 Å². The van der Waals surface area contributed by atoms with E-state index in [4.69, 9.17) is 16.3 Å². The molecule has 0 saturated heterocycles. The second-order valence-corrected chi connectivity index (χ2v) is 5.56. The Hall–Kier alpha value is -1.26. The molecule has 0 spiro atoms. The van der Waals surface area contributed by atoms with Crippen LogP contribution in [0.25, 0.3) is 0 Å². The molecule has 0 fully saturated rings. The van der Waals surface area contributed by atoms with Crippen molar-refractivity contribution in [1.29, 1.82) is 0 Å². The number of halogens is 3. The van der Waals surface area contributed by atoms with Gasteiger partial charge in [0.25, 0.3) is 0 Å². The summed E-state index contributed by atoms with van der Waals surface area (Å²) in [6.45, 7) is 1.95. The summed E-state index contributed by atoms with van der Waals surface area (Å²) in [7, 11) is 1.45. The Morgan fingerprint density at radius 3 is 2.70 bits per heavy atom. The van der Waals surface area contributed by atoms with Crippen LogP contribution in [0, 0.1) is 5.82 Å². The van der Waals surface area contributed by atoms with Crippen LogP contribution in [-0.4, -0.2) is 7.11 Å². The van der Waals surface area contributed by atoms with E-state index in [2.05, 4.69) is 21.2 Å². The Morgan fingerprint density at radius 1 is 1.30 bits per heavy atom. The maximum absolute atomic E-state index is 13.7. The highest BCUT2D eigenvalue weighted by Crippen LogP contribution is 2.33. The van der Waals surface area contributed by atoms with Crippen LogP contribution in [-0.2, 0) is 0 Å². The molecule has 0 aromatic heterocycles. The van der Waals surface area contributed by atoms with Gasteiger partial charge in [-0.05, 0) is 52.7 Å². The van der Waals surface area contributed by atoms with E-state index >= 15 is 0 Å². The van der Waals surface area contributed by atoms with Gasteiger partial charge in [0.1, 0.15) is 0 Å². The number of methoxy groups -OCH3 is 1. The molecule has 2 rings (SSSR count). The summed E-state index contributed by atoms with van der Waals surface area (Å²) in [5.74, 6) is -0.131. The molecule has 0 aliphatic rings. The SMILES string of the molecule is COc1ccc(C(C)Nc2cccc(Cl)c2Br)cc1F. The van der Waals surface area contributed by atoms with Gasteiger partial charge in [0.15, 0.2) is 11.6 Å². The minimum atomic E-state index is -0.371. The number of benzene rings is 2. The molecule has 2 nitrogen and oxygen atoms in total. The van der Waals surface area contributed by atoms with Crippen molar-refractivity contribution in [2.45, 2.75) is 13.0 Å². The number of anilines is 1. The number of hydrogen-bond acceptors (Lipinski definition) is 2. The van der Waals surface area contributed by atoms with Crippen molar-refractivity contribution >= 4 is 33.2 Å². The van der Waals surface area contributed by atoms with E-state index in [0.29, 0.717) is 5.02 Å². The van der Waals surface area contributed by atoms with Gasteiger partial charge < -0.3 is 10.1 Å². The van der Waals surface area contributed by atoms with Crippen LogP contribution in [0.2, 0.25) is 5.02 Å². The molecule has 1 atom stereocenters. The quantitative estimate of drug-likeness (QED) is 0.787. The lowest BCUT2D eigenvalue weighted by Gasteiger charge is -2.18. The van der Waals surface area contributed by atoms with Gasteiger partial charge in [-0.25, -0.2) is 4.39 Å². The first kappa shape index (κ1) is 15.1. The van der Waals surface area contributed by atoms with Crippen LogP contribution < -0.4 is 10.1 Å². The fraction of sp³-hybridized carbons (Fsp3) is 0.200. The second-order valence-electron chi connectivity index (χ2n) is 4.36. The van der Waals surface area contributed by atoms with Crippen LogP contribution in [0.3, 0.4) is 0 Å². The van der Waals surface area contributed by atoms with Gasteiger partial charge in [-0.2, -0.15) is 0 Å². The zero-order chi connectivity index (χ0) is 14.7. The standard InChI is InChI=1S/C15H14BrClFNO/c1-9(10-6-7-14(20-2)12(18)8-10)19-13-5-3-4-11(17)15(13)16/h3-9,19H,1-2H3. The fourth-order valence-electron chi connectivity index (χ4n) is 1.88. The second kappa shape index (κ2) is 6.46. The summed E-state index contributed by atoms with van der Waals surface area (Å²) in [6, 6.07) is 10.4. The Balaban J connectivity index is 2.21. The smallest absolute Gasteiger partial charge is 0.165 e. The third-order valence-electron chi connectivity index (χ3n) is 3.00. The lowest BCUT2D eigenvalue weighted by atomic mass is 10.1. The average molecular weight is 359 g/mol. The summed E-state index contributed by atoms with van der Waals surface area (Å²) < 4.78 is 19.4. The monoisotopic (exact) mass is 357 g/mol. The molecule has 0 radical (unpaired) electrons. The van der Waals surface area contributed by atoms with Gasteiger partial charge in [-0.15, -0.1) is 0 Å². The lowest BCUT2D eigenvalue weighted by Crippen LogP contribution is -2.07. The van der Waals surface area contributed by atoms with Crippen molar-refractivity contribution in [1.82, 2.24) is 0 Å². The molecule has 2 aromatic rings. The molecule has 106 valence electrons. The molecule has 0 aliphatic heterocycles. The highest BCUT2D eigenvalue weighted by Gasteiger charge is 2.11. The van der Waals surface area contributed by atoms with Gasteiger partial charge in [0, 0.05) is 6.04 Å². The van der Waals surface area contributed by atoms with E-state index in [1.165, 1.54) is 13.2 Å². The van der Waals surface area contributed by atoms with E-state index in [9.17, 15) is 4.39 Å². The average Bonchev–Trinajstić information content (AvgIpc) is 2.43. The highest BCUT2D eigenvalue weighted by atomic mass is 79.9. The molecule has 0 saturated carbocycles. The first-order valence-corrected chi connectivity index (χ1v) is 7.24. The number of ether oxygens (including phenoxy) is 1. The summed E-state index contributed by atoms with van der Waals surface area (Å²) in [6.07, 6.45) is 0. The van der Waals surface area contributed by atoms with Crippen molar-refractivity contribution in [2.75, 3.05) is 12.4 Å². The van der Waals surface area contributed by atoms with Gasteiger partial charge in [-0.1, -0.05) is 23.7 Å². The summed E-state index contributed by atoms with van der Waals surface area (Å²) >= 11 is 9.47. The predicted molar refractivity (Wildman–Crippen MR) is 84.1 cm³/mol. The minimum Gasteiger partial charge on any atom is -0.494 e. The summed E-state index contributed by atoms with van der Waals surface area (Å²) in [5.41, 5.74) is 1.69. The summed E-state index contributed by atoms with van der Waals surface area (Å²) in [5, 5.41) is 3.92. The molecular weight excluding hydrogens is 345 g/mol. The third kappa shape index (κ3) is 3.25. The molecule has 20 heavy (non-hydrogen) atoms. The third-order valence-corrected chi connectivity index (χ3v) is 4.40. The number of rotatable bonds is 4. The zero-order valence-corrected chi connectivity index (χ0v) is 13.4. The van der Waals surface area contributed by atoms with Crippen LogP contribution in [0.1, 0.15) is 18.5 Å². The van der Waals surface area contributed by atoms with E-state index in [1.807, 2.05) is 25.1 Å². The predicted octanol–water partition coefficient (Wildman–Crippen LogP) is 5.42. The van der Waals surface area contributed by atoms with E-state index < -0.39 is 0 Å². The largest absolute Gasteiger partial charge is 0.494 e. The van der Waals surface area contributed by atoms with Crippen LogP contribution in [0.4, 0.5) is 10.1 Å². The van der Waals surface area contributed by atoms with Crippen molar-refractivity contribution in [3.8, 4) is 5.75 Å². The van der Waals surface area contributed by atoms with Crippen LogP contribution in [0.5, 0.6) is 5.75 Å². The van der Waals surface area contributed by atoms with Crippen LogP contribution in [0.15, 0.2) is 40.9 Å². The highest BCUT2D eigenvalue weighted by molar-refractivity contribution is 9.10. The molecule has 0 amide bonds. The van der Waals surface area contributed by atoms with Crippen molar-refractivity contribution in [3.05, 3.63) is 57.3 Å². The minimum absolute atomic E-state index is 0.0647. The topological polar surface area (TPSA) is 21.3 Å². The van der Waals surface area contributed by atoms with Gasteiger partial charge in [0.2, 0.25) is 0 Å². The van der Waals surface area contributed by atoms with Gasteiger partial charge in [0.05, 0.1) is 22.3 Å². The molecule has 1 N–H and O–H groups in total. The molecular formula is C15H14BrClFNO. The van der Waals surface area contributed by atoms with E-state index in [1.54, 1.807) is 12.1 Å². The van der Waals surface area contributed by atoms with Crippen molar-refractivity contribution < 1.29 is 9.13 Å². The molecule has 2 aromatic carbocycles. The lowest BCUT2D eigenvalue weighted by molar-refractivity contribution is 0.386. The Morgan fingerprint density at radius 2 is 2.05 bits per heavy atom. The van der Waals surface area contributed by atoms with Crippen LogP contribution >= 0.6 is 27.5 Å². The van der Waals surface area contributed by atoms with E-state index in [0.717, 1.165) is 15.7 Å². The zero-order valence-electron chi connectivity index (χ0n) is 11.1. The molecule has 0 bridgehead atoms. The molecule has 0 heterocycles. The molecule has 0 aliphatic carbocycles. The maximum atomic E-state index is 13.7. The molecule has 5 heteroatoms. The normalized spacial score (nSPS) is 12.1. The van der Waals surface area contributed by atoms with Gasteiger partial charge in [-0.3, -0.25) is 0 Å². The molecule has 1 unspecified atom stereocenters. The Labute approximate surface area is 131 Å².